The largest absolute Gasteiger partial charge is 0.493 e. The smallest absolute Gasteiger partial charge is 0.248 e. The van der Waals surface area contributed by atoms with Gasteiger partial charge in [0, 0.05) is 12.0 Å². The Labute approximate surface area is 180 Å². The van der Waals surface area contributed by atoms with E-state index in [4.69, 9.17) is 9.47 Å². The van der Waals surface area contributed by atoms with E-state index in [2.05, 4.69) is 29.2 Å². The molecule has 1 amide bonds. The van der Waals surface area contributed by atoms with Gasteiger partial charge in [-0.1, -0.05) is 12.1 Å². The van der Waals surface area contributed by atoms with Crippen LogP contribution in [0.1, 0.15) is 16.1 Å². The summed E-state index contributed by atoms with van der Waals surface area (Å²) in [5, 5.41) is 0.915. The molecule has 3 aromatic rings. The molecule has 30 heavy (non-hydrogen) atoms. The van der Waals surface area contributed by atoms with Crippen LogP contribution < -0.4 is 9.64 Å². The van der Waals surface area contributed by atoms with E-state index in [1.807, 2.05) is 23.1 Å². The van der Waals surface area contributed by atoms with Crippen molar-refractivity contribution in [1.29, 1.82) is 0 Å². The number of quaternary nitrogens is 1. The SMILES string of the molecule is O=C(COCc1nc2ccccc2s1)N1CC[NH+](Cc2ccc3c(c2)CCO3)CC1. The van der Waals surface area contributed by atoms with Crippen molar-refractivity contribution in [3.63, 3.8) is 0 Å². The standard InChI is InChI=1S/C23H25N3O3S/c27-23(16-28-15-22-24-19-3-1-2-4-21(19)30-22)26-10-8-25(9-11-26)14-17-5-6-20-18(13-17)7-12-29-20/h1-6,13H,7-12,14-16H2/p+1. The summed E-state index contributed by atoms with van der Waals surface area (Å²) in [7, 11) is 0. The summed E-state index contributed by atoms with van der Waals surface area (Å²) in [6.07, 6.45) is 1.01. The Hall–Kier alpha value is -2.48. The number of carbonyl (C=O) groups excluding carboxylic acids is 1. The molecular formula is C23H26N3O3S+. The molecule has 2 aliphatic heterocycles. The lowest BCUT2D eigenvalue weighted by Gasteiger charge is -2.32. The third-order valence-corrected chi connectivity index (χ3v) is 6.83. The van der Waals surface area contributed by atoms with Gasteiger partial charge in [-0.15, -0.1) is 11.3 Å². The molecule has 0 radical (unpaired) electrons. The number of ether oxygens (including phenoxy) is 2. The first-order chi connectivity index (χ1) is 14.7. The zero-order valence-corrected chi connectivity index (χ0v) is 17.7. The molecule has 0 atom stereocenters. The third kappa shape index (κ3) is 4.33. The number of hydrogen-bond acceptors (Lipinski definition) is 5. The molecule has 1 N–H and O–H groups in total. The number of carbonyl (C=O) groups is 1. The summed E-state index contributed by atoms with van der Waals surface area (Å²) in [5.74, 6) is 1.11. The number of nitrogens with zero attached hydrogens (tertiary/aromatic N) is 2. The number of fused-ring (bicyclic) bond motifs is 2. The number of thiazole rings is 1. The third-order valence-electron chi connectivity index (χ3n) is 5.82. The van der Waals surface area contributed by atoms with Crippen LogP contribution in [0, 0.1) is 0 Å². The van der Waals surface area contributed by atoms with Crippen molar-refractivity contribution in [3.05, 3.63) is 58.6 Å². The van der Waals surface area contributed by atoms with Crippen molar-refractivity contribution in [2.75, 3.05) is 39.4 Å². The molecule has 1 saturated heterocycles. The molecule has 2 aromatic carbocycles. The van der Waals surface area contributed by atoms with Gasteiger partial charge in [-0.3, -0.25) is 4.79 Å². The van der Waals surface area contributed by atoms with E-state index in [9.17, 15) is 4.79 Å². The summed E-state index contributed by atoms with van der Waals surface area (Å²) in [4.78, 5) is 20.5. The quantitative estimate of drug-likeness (QED) is 0.654. The van der Waals surface area contributed by atoms with Crippen molar-refractivity contribution in [2.45, 2.75) is 19.6 Å². The Bertz CT molecular complexity index is 1010. The Morgan fingerprint density at radius 1 is 1.20 bits per heavy atom. The molecule has 0 aliphatic carbocycles. The van der Waals surface area contributed by atoms with Crippen molar-refractivity contribution in [1.82, 2.24) is 9.88 Å². The number of benzene rings is 2. The minimum absolute atomic E-state index is 0.0739. The zero-order chi connectivity index (χ0) is 20.3. The number of aromatic nitrogens is 1. The highest BCUT2D eigenvalue weighted by molar-refractivity contribution is 7.18. The molecule has 0 unspecified atom stereocenters. The molecule has 0 saturated carbocycles. The van der Waals surface area contributed by atoms with Crippen molar-refractivity contribution >= 4 is 27.5 Å². The van der Waals surface area contributed by atoms with Crippen LogP contribution in [0.5, 0.6) is 5.75 Å². The highest BCUT2D eigenvalue weighted by Gasteiger charge is 2.24. The molecule has 5 rings (SSSR count). The van der Waals surface area contributed by atoms with Gasteiger partial charge in [0.2, 0.25) is 5.91 Å². The van der Waals surface area contributed by atoms with Crippen LogP contribution in [-0.4, -0.2) is 55.2 Å². The molecule has 0 spiro atoms. The molecule has 7 heteroatoms. The van der Waals surface area contributed by atoms with Crippen molar-refractivity contribution < 1.29 is 19.2 Å². The molecule has 0 bridgehead atoms. The number of para-hydroxylation sites is 1. The molecule has 6 nitrogen and oxygen atoms in total. The molecule has 1 aromatic heterocycles. The normalized spacial score (nSPS) is 16.6. The van der Waals surface area contributed by atoms with Crippen LogP contribution in [-0.2, 0) is 29.1 Å². The van der Waals surface area contributed by atoms with Gasteiger partial charge >= 0.3 is 0 Å². The lowest BCUT2D eigenvalue weighted by atomic mass is 10.1. The number of nitrogens with one attached hydrogen (secondary N) is 1. The first kappa shape index (κ1) is 19.5. The van der Waals surface area contributed by atoms with Gasteiger partial charge in [0.05, 0.1) is 49.6 Å². The molecule has 156 valence electrons. The van der Waals surface area contributed by atoms with E-state index in [0.29, 0.717) is 6.61 Å². The van der Waals surface area contributed by atoms with Crippen LogP contribution in [0.25, 0.3) is 10.2 Å². The van der Waals surface area contributed by atoms with E-state index < -0.39 is 0 Å². The van der Waals surface area contributed by atoms with E-state index >= 15 is 0 Å². The van der Waals surface area contributed by atoms with Gasteiger partial charge in [0.15, 0.2) is 0 Å². The second-order valence-electron chi connectivity index (χ2n) is 7.92. The lowest BCUT2D eigenvalue weighted by molar-refractivity contribution is -0.917. The maximum atomic E-state index is 12.5. The first-order valence-electron chi connectivity index (χ1n) is 10.5. The second-order valence-corrected chi connectivity index (χ2v) is 9.03. The first-order valence-corrected chi connectivity index (χ1v) is 11.3. The zero-order valence-electron chi connectivity index (χ0n) is 16.9. The predicted molar refractivity (Wildman–Crippen MR) is 116 cm³/mol. The topological polar surface area (TPSA) is 56.1 Å². The number of hydrogen-bond donors (Lipinski definition) is 1. The van der Waals surface area contributed by atoms with Crippen molar-refractivity contribution in [3.8, 4) is 5.75 Å². The summed E-state index contributed by atoms with van der Waals surface area (Å²) in [6, 6.07) is 14.6. The van der Waals surface area contributed by atoms with Gasteiger partial charge < -0.3 is 19.3 Å². The fraction of sp³-hybridized carbons (Fsp3) is 0.391. The van der Waals surface area contributed by atoms with Gasteiger partial charge in [-0.2, -0.15) is 0 Å². The average Bonchev–Trinajstić information content (AvgIpc) is 3.40. The summed E-state index contributed by atoms with van der Waals surface area (Å²) >= 11 is 1.62. The van der Waals surface area contributed by atoms with Gasteiger partial charge in [-0.05, 0) is 35.9 Å². The Morgan fingerprint density at radius 3 is 2.93 bits per heavy atom. The van der Waals surface area contributed by atoms with Crippen LogP contribution >= 0.6 is 11.3 Å². The Kier molecular flexibility index (Phi) is 5.66. The predicted octanol–water partition coefficient (Wildman–Crippen LogP) is 1.68. The van der Waals surface area contributed by atoms with E-state index in [1.54, 1.807) is 11.3 Å². The highest BCUT2D eigenvalue weighted by Crippen LogP contribution is 2.25. The van der Waals surface area contributed by atoms with E-state index in [-0.39, 0.29) is 12.5 Å². The number of piperazine rings is 1. The minimum Gasteiger partial charge on any atom is -0.493 e. The number of rotatable bonds is 6. The molecule has 2 aliphatic rings. The van der Waals surface area contributed by atoms with Gasteiger partial charge in [0.1, 0.15) is 23.9 Å². The summed E-state index contributed by atoms with van der Waals surface area (Å²) in [6.45, 7) is 5.82. The minimum atomic E-state index is 0.0739. The second kappa shape index (κ2) is 8.71. The van der Waals surface area contributed by atoms with Gasteiger partial charge in [-0.25, -0.2) is 4.98 Å². The molecular weight excluding hydrogens is 398 g/mol. The fourth-order valence-corrected chi connectivity index (χ4v) is 5.09. The maximum absolute atomic E-state index is 12.5. The van der Waals surface area contributed by atoms with Crippen LogP contribution in [0.2, 0.25) is 0 Å². The molecule has 3 heterocycles. The van der Waals surface area contributed by atoms with E-state index in [0.717, 1.165) is 66.7 Å². The fourth-order valence-electron chi connectivity index (χ4n) is 4.19. The summed E-state index contributed by atoms with van der Waals surface area (Å²) < 4.78 is 12.4. The average molecular weight is 425 g/mol. The maximum Gasteiger partial charge on any atom is 0.248 e. The van der Waals surface area contributed by atoms with E-state index in [1.165, 1.54) is 16.0 Å². The lowest BCUT2D eigenvalue weighted by Crippen LogP contribution is -3.13. The van der Waals surface area contributed by atoms with Gasteiger partial charge in [0.25, 0.3) is 0 Å². The highest BCUT2D eigenvalue weighted by atomic mass is 32.1. The van der Waals surface area contributed by atoms with Crippen molar-refractivity contribution in [2.24, 2.45) is 0 Å². The Balaban J connectivity index is 1.06. The summed E-state index contributed by atoms with van der Waals surface area (Å²) in [5.41, 5.74) is 3.67. The monoisotopic (exact) mass is 424 g/mol. The van der Waals surface area contributed by atoms with Crippen LogP contribution in [0.3, 0.4) is 0 Å². The molecule has 1 fully saturated rings. The van der Waals surface area contributed by atoms with Crippen LogP contribution in [0.15, 0.2) is 42.5 Å². The number of amides is 1. The Morgan fingerprint density at radius 2 is 2.07 bits per heavy atom. The van der Waals surface area contributed by atoms with Crippen LogP contribution in [0.4, 0.5) is 0 Å².